The Morgan fingerprint density at radius 2 is 1.62 bits per heavy atom. The van der Waals surface area contributed by atoms with Crippen LogP contribution in [0.1, 0.15) is 46.0 Å². The molecule has 1 saturated carbocycles. The fraction of sp³-hybridized carbons (Fsp3) is 0.909. The molecule has 5 heteroatoms. The van der Waals surface area contributed by atoms with Gasteiger partial charge in [0, 0.05) is 0 Å². The maximum absolute atomic E-state index is 12.5. The summed E-state index contributed by atoms with van der Waals surface area (Å²) >= 11 is 0. The Hall–Kier alpha value is -0.740. The van der Waals surface area contributed by atoms with Crippen LogP contribution >= 0.6 is 0 Å². The van der Waals surface area contributed by atoms with Gasteiger partial charge in [-0.2, -0.15) is 13.2 Å². The zero-order valence-electron chi connectivity index (χ0n) is 9.56. The number of alkyl halides is 3. The molecule has 0 bridgehead atoms. The number of carbonyl (C=O) groups is 1. The summed E-state index contributed by atoms with van der Waals surface area (Å²) in [6.07, 6.45) is -0.619. The van der Waals surface area contributed by atoms with Crippen molar-refractivity contribution >= 4 is 5.97 Å². The molecule has 1 aliphatic carbocycles. The summed E-state index contributed by atoms with van der Waals surface area (Å²) in [5.74, 6) is -1.16. The summed E-state index contributed by atoms with van der Waals surface area (Å²) < 4.78 is 42.5. The van der Waals surface area contributed by atoms with E-state index in [9.17, 15) is 18.0 Å². The molecule has 0 radical (unpaired) electrons. The molecule has 1 fully saturated rings. The van der Waals surface area contributed by atoms with Gasteiger partial charge in [0.2, 0.25) is 0 Å². The molecule has 94 valence electrons. The first-order valence-corrected chi connectivity index (χ1v) is 5.53. The molecular formula is C11H17F3O2. The standard InChI is InChI=1S/C11H17F3O2/c1-10(2,11(12,13)14)9(15)16-8-6-4-3-5-7-8/h8H,3-7H2,1-2H3. The van der Waals surface area contributed by atoms with Crippen molar-refractivity contribution in [3.63, 3.8) is 0 Å². The van der Waals surface area contributed by atoms with E-state index in [1.807, 2.05) is 0 Å². The maximum Gasteiger partial charge on any atom is 0.404 e. The molecule has 0 atom stereocenters. The van der Waals surface area contributed by atoms with Gasteiger partial charge in [-0.1, -0.05) is 6.42 Å². The van der Waals surface area contributed by atoms with E-state index in [1.54, 1.807) is 0 Å². The quantitative estimate of drug-likeness (QED) is 0.689. The summed E-state index contributed by atoms with van der Waals surface area (Å²) in [6.45, 7) is 1.72. The predicted molar refractivity (Wildman–Crippen MR) is 52.8 cm³/mol. The van der Waals surface area contributed by atoms with E-state index in [-0.39, 0.29) is 6.10 Å². The van der Waals surface area contributed by atoms with Gasteiger partial charge in [-0.05, 0) is 39.5 Å². The summed E-state index contributed by atoms with van der Waals surface area (Å²) in [5, 5.41) is 0. The lowest BCUT2D eigenvalue weighted by Crippen LogP contribution is -2.42. The minimum atomic E-state index is -4.56. The molecule has 0 unspecified atom stereocenters. The van der Waals surface area contributed by atoms with Crippen molar-refractivity contribution < 1.29 is 22.7 Å². The van der Waals surface area contributed by atoms with Crippen molar-refractivity contribution in [3.8, 4) is 0 Å². The molecule has 0 heterocycles. The van der Waals surface area contributed by atoms with E-state index in [2.05, 4.69) is 0 Å². The van der Waals surface area contributed by atoms with Crippen LogP contribution in [0.3, 0.4) is 0 Å². The highest BCUT2D eigenvalue weighted by atomic mass is 19.4. The molecule has 0 aliphatic heterocycles. The van der Waals surface area contributed by atoms with Gasteiger partial charge >= 0.3 is 12.1 Å². The lowest BCUT2D eigenvalue weighted by Gasteiger charge is -2.29. The second-order valence-electron chi connectivity index (χ2n) is 4.79. The molecule has 0 aromatic carbocycles. The van der Waals surface area contributed by atoms with Crippen LogP contribution in [0, 0.1) is 5.41 Å². The van der Waals surface area contributed by atoms with Gasteiger partial charge in [-0.15, -0.1) is 0 Å². The largest absolute Gasteiger partial charge is 0.462 e. The third-order valence-corrected chi connectivity index (χ3v) is 3.04. The van der Waals surface area contributed by atoms with Crippen molar-refractivity contribution in [1.29, 1.82) is 0 Å². The Kier molecular flexibility index (Phi) is 3.86. The summed E-state index contributed by atoms with van der Waals surface area (Å²) in [5.41, 5.74) is -2.41. The van der Waals surface area contributed by atoms with Gasteiger partial charge in [0.15, 0.2) is 5.41 Å². The first-order chi connectivity index (χ1) is 7.25. The van der Waals surface area contributed by atoms with Crippen molar-refractivity contribution in [2.75, 3.05) is 0 Å². The van der Waals surface area contributed by atoms with Crippen LogP contribution in [-0.2, 0) is 9.53 Å². The van der Waals surface area contributed by atoms with Crippen molar-refractivity contribution in [1.82, 2.24) is 0 Å². The van der Waals surface area contributed by atoms with Crippen LogP contribution in [-0.4, -0.2) is 18.2 Å². The fourth-order valence-electron chi connectivity index (χ4n) is 1.60. The number of halogens is 3. The van der Waals surface area contributed by atoms with Crippen LogP contribution in [0.2, 0.25) is 0 Å². The number of hydrogen-bond acceptors (Lipinski definition) is 2. The molecule has 0 amide bonds. The average Bonchev–Trinajstić information content (AvgIpc) is 2.17. The van der Waals surface area contributed by atoms with E-state index in [4.69, 9.17) is 4.74 Å². The highest BCUT2D eigenvalue weighted by Gasteiger charge is 2.54. The molecule has 1 aliphatic rings. The van der Waals surface area contributed by atoms with E-state index in [0.717, 1.165) is 33.1 Å². The van der Waals surface area contributed by atoms with Crippen LogP contribution < -0.4 is 0 Å². The maximum atomic E-state index is 12.5. The highest BCUT2D eigenvalue weighted by molar-refractivity contribution is 5.77. The molecule has 16 heavy (non-hydrogen) atoms. The molecule has 2 nitrogen and oxygen atoms in total. The van der Waals surface area contributed by atoms with Gasteiger partial charge in [0.1, 0.15) is 6.10 Å². The smallest absolute Gasteiger partial charge is 0.404 e. The summed E-state index contributed by atoms with van der Waals surface area (Å²) in [4.78, 5) is 11.4. The SMILES string of the molecule is CC(C)(C(=O)OC1CCCCC1)C(F)(F)F. The fourth-order valence-corrected chi connectivity index (χ4v) is 1.60. The first-order valence-electron chi connectivity index (χ1n) is 5.53. The number of rotatable bonds is 2. The number of ether oxygens (including phenoxy) is 1. The second kappa shape index (κ2) is 4.63. The van der Waals surface area contributed by atoms with Crippen molar-refractivity contribution in [2.45, 2.75) is 58.2 Å². The van der Waals surface area contributed by atoms with Gasteiger partial charge in [-0.3, -0.25) is 4.79 Å². The van der Waals surface area contributed by atoms with Gasteiger partial charge in [-0.25, -0.2) is 0 Å². The minimum Gasteiger partial charge on any atom is -0.462 e. The van der Waals surface area contributed by atoms with Gasteiger partial charge in [0.05, 0.1) is 0 Å². The average molecular weight is 238 g/mol. The Balaban J connectivity index is 2.57. The number of carbonyl (C=O) groups excluding carboxylic acids is 1. The zero-order valence-corrected chi connectivity index (χ0v) is 9.56. The molecule has 0 aromatic rings. The molecule has 0 saturated heterocycles. The third kappa shape index (κ3) is 2.89. The zero-order chi connectivity index (χ0) is 12.4. The highest BCUT2D eigenvalue weighted by Crippen LogP contribution is 2.39. The van der Waals surface area contributed by atoms with E-state index in [0.29, 0.717) is 12.8 Å². The molecule has 0 N–H and O–H groups in total. The first kappa shape index (κ1) is 13.3. The predicted octanol–water partition coefficient (Wildman–Crippen LogP) is 3.45. The molecular weight excluding hydrogens is 221 g/mol. The van der Waals surface area contributed by atoms with Gasteiger partial charge in [0.25, 0.3) is 0 Å². The Labute approximate surface area is 93.2 Å². The number of esters is 1. The Bertz CT molecular complexity index is 252. The van der Waals surface area contributed by atoms with Crippen LogP contribution in [0.25, 0.3) is 0 Å². The molecule has 0 spiro atoms. The monoisotopic (exact) mass is 238 g/mol. The lowest BCUT2D eigenvalue weighted by atomic mass is 9.92. The lowest BCUT2D eigenvalue weighted by molar-refractivity contribution is -0.228. The Morgan fingerprint density at radius 3 is 2.06 bits per heavy atom. The molecule has 1 rings (SSSR count). The normalized spacial score (nSPS) is 19.6. The van der Waals surface area contributed by atoms with Gasteiger partial charge < -0.3 is 4.74 Å². The second-order valence-corrected chi connectivity index (χ2v) is 4.79. The van der Waals surface area contributed by atoms with E-state index in [1.165, 1.54) is 0 Å². The Morgan fingerprint density at radius 1 is 1.12 bits per heavy atom. The number of hydrogen-bond donors (Lipinski definition) is 0. The van der Waals surface area contributed by atoms with Crippen molar-refractivity contribution in [2.24, 2.45) is 5.41 Å². The van der Waals surface area contributed by atoms with Crippen LogP contribution in [0.5, 0.6) is 0 Å². The third-order valence-electron chi connectivity index (χ3n) is 3.04. The van der Waals surface area contributed by atoms with Crippen LogP contribution in [0.15, 0.2) is 0 Å². The van der Waals surface area contributed by atoms with E-state index >= 15 is 0 Å². The summed E-state index contributed by atoms with van der Waals surface area (Å²) in [7, 11) is 0. The van der Waals surface area contributed by atoms with E-state index < -0.39 is 17.6 Å². The van der Waals surface area contributed by atoms with Crippen molar-refractivity contribution in [3.05, 3.63) is 0 Å². The minimum absolute atomic E-state index is 0.331. The topological polar surface area (TPSA) is 26.3 Å². The molecule has 0 aromatic heterocycles. The van der Waals surface area contributed by atoms with Crippen LogP contribution in [0.4, 0.5) is 13.2 Å². The summed E-state index contributed by atoms with van der Waals surface area (Å²) in [6, 6.07) is 0.